The lowest BCUT2D eigenvalue weighted by molar-refractivity contribution is -0.159. The summed E-state index contributed by atoms with van der Waals surface area (Å²) in [4.78, 5) is 13.8. The molecule has 0 amide bonds. The van der Waals surface area contributed by atoms with Crippen LogP contribution in [0.5, 0.6) is 0 Å². The van der Waals surface area contributed by atoms with Crippen molar-refractivity contribution in [1.82, 2.24) is 0 Å². The number of benzene rings is 4. The predicted molar refractivity (Wildman–Crippen MR) is 192 cm³/mol. The molecule has 0 unspecified atom stereocenters. The molecule has 4 atom stereocenters. The zero-order valence-corrected chi connectivity index (χ0v) is 30.1. The summed E-state index contributed by atoms with van der Waals surface area (Å²) in [5.41, 5.74) is 0. The SMILES string of the molecule is CC(C)(C)[Si](O[C@H]1C[C@@H](O[Si](c2ccccc2)(c2ccccc2)C(C)(C)C)[C@H]2C(=O)OCC[C@H]21)(c1ccccc1)c1ccccc1. The highest BCUT2D eigenvalue weighted by molar-refractivity contribution is 7.00. The van der Waals surface area contributed by atoms with Gasteiger partial charge in [-0.05, 0) is 43.7 Å². The zero-order chi connectivity index (χ0) is 32.6. The van der Waals surface area contributed by atoms with Gasteiger partial charge in [-0.3, -0.25) is 4.79 Å². The summed E-state index contributed by atoms with van der Waals surface area (Å²) in [5, 5.41) is 4.55. The molecule has 4 aromatic carbocycles. The average Bonchev–Trinajstić information content (AvgIpc) is 3.40. The lowest BCUT2D eigenvalue weighted by atomic mass is 9.89. The highest BCUT2D eigenvalue weighted by atomic mass is 28.4. The molecule has 1 aliphatic carbocycles. The first-order chi connectivity index (χ1) is 22.0. The van der Waals surface area contributed by atoms with Gasteiger partial charge in [-0.15, -0.1) is 0 Å². The van der Waals surface area contributed by atoms with Crippen molar-refractivity contribution in [1.29, 1.82) is 0 Å². The maximum absolute atomic E-state index is 13.8. The van der Waals surface area contributed by atoms with Gasteiger partial charge in [0.05, 0.1) is 24.7 Å². The van der Waals surface area contributed by atoms with E-state index >= 15 is 0 Å². The zero-order valence-electron chi connectivity index (χ0n) is 28.1. The number of hydrogen-bond donors (Lipinski definition) is 0. The third kappa shape index (κ3) is 5.64. The highest BCUT2D eigenvalue weighted by Crippen LogP contribution is 2.48. The van der Waals surface area contributed by atoms with Gasteiger partial charge in [0.2, 0.25) is 0 Å². The number of esters is 1. The van der Waals surface area contributed by atoms with Crippen LogP contribution in [-0.4, -0.2) is 41.4 Å². The molecule has 0 aromatic heterocycles. The molecule has 1 heterocycles. The predicted octanol–water partition coefficient (Wildman–Crippen LogP) is 6.46. The van der Waals surface area contributed by atoms with Gasteiger partial charge in [-0.25, -0.2) is 0 Å². The van der Waals surface area contributed by atoms with Crippen LogP contribution in [0.15, 0.2) is 121 Å². The minimum absolute atomic E-state index is 0.0196. The molecule has 1 saturated carbocycles. The first kappa shape index (κ1) is 32.6. The van der Waals surface area contributed by atoms with Gasteiger partial charge >= 0.3 is 5.97 Å². The quantitative estimate of drug-likeness (QED) is 0.163. The van der Waals surface area contributed by atoms with Crippen molar-refractivity contribution >= 4 is 43.4 Å². The Morgan fingerprint density at radius 2 is 0.913 bits per heavy atom. The number of hydrogen-bond acceptors (Lipinski definition) is 4. The van der Waals surface area contributed by atoms with Crippen LogP contribution in [0.4, 0.5) is 0 Å². The van der Waals surface area contributed by atoms with Crippen LogP contribution in [0.25, 0.3) is 0 Å². The molecule has 6 heteroatoms. The Kier molecular flexibility index (Phi) is 9.02. The van der Waals surface area contributed by atoms with E-state index in [0.29, 0.717) is 13.0 Å². The molecule has 0 spiro atoms. The molecular formula is C40H48O4Si2. The Labute approximate surface area is 277 Å². The second-order valence-corrected chi connectivity index (χ2v) is 23.5. The summed E-state index contributed by atoms with van der Waals surface area (Å²) < 4.78 is 21.3. The number of rotatable bonds is 8. The monoisotopic (exact) mass is 648 g/mol. The summed E-state index contributed by atoms with van der Waals surface area (Å²) in [6, 6.07) is 43.0. The number of ether oxygens (including phenoxy) is 1. The molecule has 0 radical (unpaired) electrons. The number of cyclic esters (lactones) is 1. The topological polar surface area (TPSA) is 44.8 Å². The fourth-order valence-electron chi connectivity index (χ4n) is 8.23. The molecule has 0 N–H and O–H groups in total. The highest BCUT2D eigenvalue weighted by Gasteiger charge is 2.60. The van der Waals surface area contributed by atoms with E-state index in [1.807, 2.05) is 0 Å². The lowest BCUT2D eigenvalue weighted by Crippen LogP contribution is -2.68. The summed E-state index contributed by atoms with van der Waals surface area (Å²) >= 11 is 0. The Bertz CT molecular complexity index is 1520. The Hall–Kier alpha value is -3.30. The molecule has 4 aromatic rings. The third-order valence-electron chi connectivity index (χ3n) is 10.3. The molecule has 46 heavy (non-hydrogen) atoms. The van der Waals surface area contributed by atoms with E-state index in [4.69, 9.17) is 13.6 Å². The van der Waals surface area contributed by atoms with Gasteiger partial charge in [0.15, 0.2) is 0 Å². The van der Waals surface area contributed by atoms with Crippen LogP contribution in [0.3, 0.4) is 0 Å². The summed E-state index contributed by atoms with van der Waals surface area (Å²) in [5.74, 6) is -0.502. The maximum Gasteiger partial charge on any atom is 0.311 e. The molecule has 1 saturated heterocycles. The number of carbonyl (C=O) groups excluding carboxylic acids is 1. The summed E-state index contributed by atoms with van der Waals surface area (Å²) in [7, 11) is -5.79. The molecule has 1 aliphatic heterocycles. The molecule has 2 fully saturated rings. The van der Waals surface area contributed by atoms with Crippen molar-refractivity contribution in [2.75, 3.05) is 6.61 Å². The fraction of sp³-hybridized carbons (Fsp3) is 0.375. The first-order valence-electron chi connectivity index (χ1n) is 16.7. The van der Waals surface area contributed by atoms with Crippen molar-refractivity contribution in [2.24, 2.45) is 11.8 Å². The van der Waals surface area contributed by atoms with Crippen LogP contribution in [0.1, 0.15) is 54.4 Å². The Morgan fingerprint density at radius 1 is 0.565 bits per heavy atom. The van der Waals surface area contributed by atoms with Crippen molar-refractivity contribution in [3.05, 3.63) is 121 Å². The minimum Gasteiger partial charge on any atom is -0.465 e. The smallest absolute Gasteiger partial charge is 0.311 e. The fourth-order valence-corrected chi connectivity index (χ4v) is 17.7. The molecule has 240 valence electrons. The van der Waals surface area contributed by atoms with Crippen molar-refractivity contribution in [3.8, 4) is 0 Å². The lowest BCUT2D eigenvalue weighted by Gasteiger charge is -2.46. The van der Waals surface area contributed by atoms with Crippen LogP contribution in [-0.2, 0) is 18.4 Å². The van der Waals surface area contributed by atoms with Crippen LogP contribution < -0.4 is 20.7 Å². The van der Waals surface area contributed by atoms with Gasteiger partial charge in [0.1, 0.15) is 0 Å². The van der Waals surface area contributed by atoms with Gasteiger partial charge in [0, 0.05) is 5.92 Å². The summed E-state index contributed by atoms with van der Waals surface area (Å²) in [6.45, 7) is 14.3. The second kappa shape index (κ2) is 12.7. The maximum atomic E-state index is 13.8. The largest absolute Gasteiger partial charge is 0.465 e. The van der Waals surface area contributed by atoms with E-state index < -0.39 is 16.6 Å². The van der Waals surface area contributed by atoms with Crippen molar-refractivity contribution in [2.45, 2.75) is 76.7 Å². The number of carbonyl (C=O) groups is 1. The Morgan fingerprint density at radius 3 is 1.26 bits per heavy atom. The second-order valence-electron chi connectivity index (χ2n) is 15.0. The normalized spacial score (nSPS) is 22.3. The van der Waals surface area contributed by atoms with Crippen LogP contribution in [0.2, 0.25) is 10.1 Å². The van der Waals surface area contributed by atoms with E-state index in [2.05, 4.69) is 163 Å². The van der Waals surface area contributed by atoms with E-state index in [1.165, 1.54) is 20.7 Å². The van der Waals surface area contributed by atoms with Gasteiger partial charge < -0.3 is 13.6 Å². The minimum atomic E-state index is -2.93. The first-order valence-corrected chi connectivity index (χ1v) is 20.5. The van der Waals surface area contributed by atoms with Gasteiger partial charge in [0.25, 0.3) is 16.6 Å². The molecular weight excluding hydrogens is 601 g/mol. The average molecular weight is 649 g/mol. The van der Waals surface area contributed by atoms with Gasteiger partial charge in [-0.1, -0.05) is 163 Å². The van der Waals surface area contributed by atoms with Gasteiger partial charge in [-0.2, -0.15) is 0 Å². The molecule has 4 nitrogen and oxygen atoms in total. The van der Waals surface area contributed by atoms with E-state index in [0.717, 1.165) is 6.42 Å². The molecule has 6 rings (SSSR count). The standard InChI is InChI=1S/C40H48O4Si2/c1-39(2,3)45(30-19-11-7-12-20-30,31-21-13-8-14-22-31)43-35-29-36(37-34(35)27-28-42-38(37)41)44-46(40(4,5)6,32-23-15-9-16-24-32)33-25-17-10-18-26-33/h7-26,34-37H,27-29H2,1-6H3/t34-,35-,36+,37-/m0/s1. The Balaban J connectivity index is 1.48. The van der Waals surface area contributed by atoms with E-state index in [9.17, 15) is 4.79 Å². The van der Waals surface area contributed by atoms with Crippen molar-refractivity contribution in [3.63, 3.8) is 0 Å². The number of fused-ring (bicyclic) bond motifs is 1. The van der Waals surface area contributed by atoms with Crippen molar-refractivity contribution < 1.29 is 18.4 Å². The van der Waals surface area contributed by atoms with E-state index in [-0.39, 0.29) is 40.1 Å². The molecule has 2 aliphatic rings. The molecule has 0 bridgehead atoms. The van der Waals surface area contributed by atoms with E-state index in [1.54, 1.807) is 0 Å². The third-order valence-corrected chi connectivity index (χ3v) is 20.4. The van der Waals surface area contributed by atoms with Crippen LogP contribution in [0, 0.1) is 11.8 Å². The summed E-state index contributed by atoms with van der Waals surface area (Å²) in [6.07, 6.45) is 0.957. The van der Waals surface area contributed by atoms with Crippen LogP contribution >= 0.6 is 0 Å².